The van der Waals surface area contributed by atoms with Crippen molar-refractivity contribution >= 4 is 12.0 Å². The minimum atomic E-state index is -1.29. The Morgan fingerprint density at radius 2 is 2.16 bits per heavy atom. The van der Waals surface area contributed by atoms with E-state index in [1.165, 1.54) is 0 Å². The molecule has 2 fully saturated rings. The number of aliphatic carboxylic acids is 1. The van der Waals surface area contributed by atoms with Crippen molar-refractivity contribution in [2.24, 2.45) is 0 Å². The standard InChI is InChI=1S/C12H20N2O5/c15-10(16)12(4-6-18-8-12)14-11(17)13-7-9-3-1-2-5-19-9/h9H,1-8H2,(H,15,16)(H2,13,14,17). The van der Waals surface area contributed by atoms with Crippen LogP contribution in [-0.2, 0) is 14.3 Å². The van der Waals surface area contributed by atoms with Crippen LogP contribution < -0.4 is 10.6 Å². The van der Waals surface area contributed by atoms with Gasteiger partial charge < -0.3 is 25.2 Å². The first-order valence-electron chi connectivity index (χ1n) is 6.61. The van der Waals surface area contributed by atoms with Crippen molar-refractivity contribution in [2.75, 3.05) is 26.4 Å². The van der Waals surface area contributed by atoms with Crippen LogP contribution in [0, 0.1) is 0 Å². The Kier molecular flexibility index (Phi) is 4.60. The lowest BCUT2D eigenvalue weighted by Gasteiger charge is -2.26. The third-order valence-electron chi connectivity index (χ3n) is 3.55. The van der Waals surface area contributed by atoms with Crippen LogP contribution in [0.1, 0.15) is 25.7 Å². The fourth-order valence-electron chi connectivity index (χ4n) is 2.32. The smallest absolute Gasteiger partial charge is 0.332 e. The summed E-state index contributed by atoms with van der Waals surface area (Å²) in [4.78, 5) is 23.0. The van der Waals surface area contributed by atoms with Crippen LogP contribution >= 0.6 is 0 Å². The fourth-order valence-corrected chi connectivity index (χ4v) is 2.32. The van der Waals surface area contributed by atoms with Gasteiger partial charge in [0.1, 0.15) is 0 Å². The summed E-state index contributed by atoms with van der Waals surface area (Å²) in [6.45, 7) is 1.48. The highest BCUT2D eigenvalue weighted by Gasteiger charge is 2.44. The zero-order valence-corrected chi connectivity index (χ0v) is 10.8. The van der Waals surface area contributed by atoms with Crippen LogP contribution in [0.4, 0.5) is 4.79 Å². The van der Waals surface area contributed by atoms with Crippen molar-refractivity contribution in [2.45, 2.75) is 37.3 Å². The molecule has 0 aliphatic carbocycles. The normalized spacial score (nSPS) is 30.8. The number of hydrogen-bond donors (Lipinski definition) is 3. The van der Waals surface area contributed by atoms with Gasteiger partial charge in [-0.1, -0.05) is 0 Å². The molecule has 0 aromatic rings. The highest BCUT2D eigenvalue weighted by Crippen LogP contribution is 2.18. The molecular weight excluding hydrogens is 252 g/mol. The van der Waals surface area contributed by atoms with Crippen LogP contribution in [0.3, 0.4) is 0 Å². The van der Waals surface area contributed by atoms with E-state index in [1.807, 2.05) is 0 Å². The van der Waals surface area contributed by atoms with Crippen LogP contribution in [0.2, 0.25) is 0 Å². The summed E-state index contributed by atoms with van der Waals surface area (Å²) in [5.41, 5.74) is -1.29. The van der Waals surface area contributed by atoms with Crippen molar-refractivity contribution < 1.29 is 24.2 Å². The van der Waals surface area contributed by atoms with Crippen LogP contribution in [0.25, 0.3) is 0 Å². The highest BCUT2D eigenvalue weighted by molar-refractivity contribution is 5.86. The maximum Gasteiger partial charge on any atom is 0.332 e. The number of hydrogen-bond acceptors (Lipinski definition) is 4. The van der Waals surface area contributed by atoms with Gasteiger partial charge in [0.25, 0.3) is 0 Å². The molecule has 2 saturated heterocycles. The van der Waals surface area contributed by atoms with E-state index in [0.717, 1.165) is 25.9 Å². The number of carbonyl (C=O) groups excluding carboxylic acids is 1. The van der Waals surface area contributed by atoms with Crippen molar-refractivity contribution in [3.63, 3.8) is 0 Å². The van der Waals surface area contributed by atoms with Crippen molar-refractivity contribution in [1.82, 2.24) is 10.6 Å². The Balaban J connectivity index is 1.78. The van der Waals surface area contributed by atoms with Crippen molar-refractivity contribution in [3.05, 3.63) is 0 Å². The number of rotatable bonds is 4. The average molecular weight is 272 g/mol. The van der Waals surface area contributed by atoms with Crippen LogP contribution in [0.5, 0.6) is 0 Å². The van der Waals surface area contributed by atoms with Gasteiger partial charge in [-0.25, -0.2) is 9.59 Å². The third-order valence-corrected chi connectivity index (χ3v) is 3.55. The third kappa shape index (κ3) is 3.57. The number of urea groups is 1. The molecule has 0 spiro atoms. The van der Waals surface area contributed by atoms with Gasteiger partial charge in [0, 0.05) is 26.2 Å². The molecule has 2 amide bonds. The molecule has 2 atom stereocenters. The van der Waals surface area contributed by atoms with Gasteiger partial charge in [0.05, 0.1) is 12.7 Å². The molecule has 0 aromatic carbocycles. The topological polar surface area (TPSA) is 96.9 Å². The highest BCUT2D eigenvalue weighted by atomic mass is 16.5. The summed E-state index contributed by atoms with van der Waals surface area (Å²) in [6, 6.07) is -0.484. The van der Waals surface area contributed by atoms with Gasteiger partial charge in [0.15, 0.2) is 5.54 Å². The van der Waals surface area contributed by atoms with Crippen LogP contribution in [-0.4, -0.2) is 55.1 Å². The van der Waals surface area contributed by atoms with E-state index in [-0.39, 0.29) is 19.1 Å². The first-order valence-corrected chi connectivity index (χ1v) is 6.61. The largest absolute Gasteiger partial charge is 0.479 e. The van der Waals surface area contributed by atoms with Crippen LogP contribution in [0.15, 0.2) is 0 Å². The Bertz CT molecular complexity index is 335. The van der Waals surface area contributed by atoms with E-state index < -0.39 is 17.5 Å². The predicted molar refractivity (Wildman–Crippen MR) is 65.9 cm³/mol. The van der Waals surface area contributed by atoms with Gasteiger partial charge in [-0.2, -0.15) is 0 Å². The number of carboxylic acid groups (broad SMARTS) is 1. The van der Waals surface area contributed by atoms with E-state index in [2.05, 4.69) is 10.6 Å². The fraction of sp³-hybridized carbons (Fsp3) is 0.833. The lowest BCUT2D eigenvalue weighted by molar-refractivity contribution is -0.144. The minimum Gasteiger partial charge on any atom is -0.479 e. The second-order valence-corrected chi connectivity index (χ2v) is 5.01. The maximum atomic E-state index is 11.8. The molecule has 108 valence electrons. The quantitative estimate of drug-likeness (QED) is 0.674. The molecule has 3 N–H and O–H groups in total. The average Bonchev–Trinajstić information content (AvgIpc) is 2.87. The molecule has 2 aliphatic rings. The van der Waals surface area contributed by atoms with E-state index in [9.17, 15) is 14.7 Å². The lowest BCUT2D eigenvalue weighted by Crippen LogP contribution is -2.58. The number of carbonyl (C=O) groups is 2. The van der Waals surface area contributed by atoms with E-state index in [1.54, 1.807) is 0 Å². The molecule has 19 heavy (non-hydrogen) atoms. The van der Waals surface area contributed by atoms with Gasteiger partial charge in [-0.15, -0.1) is 0 Å². The van der Waals surface area contributed by atoms with E-state index in [4.69, 9.17) is 9.47 Å². The van der Waals surface area contributed by atoms with Gasteiger partial charge >= 0.3 is 12.0 Å². The number of ether oxygens (including phenoxy) is 2. The lowest BCUT2D eigenvalue weighted by atomic mass is 9.99. The predicted octanol–water partition coefficient (Wildman–Crippen LogP) is 0.0984. The van der Waals surface area contributed by atoms with Crippen molar-refractivity contribution in [1.29, 1.82) is 0 Å². The summed E-state index contributed by atoms with van der Waals surface area (Å²) in [6.07, 6.45) is 3.40. The molecule has 7 heteroatoms. The Hall–Kier alpha value is -1.34. The second kappa shape index (κ2) is 6.21. The number of nitrogens with one attached hydrogen (secondary N) is 2. The van der Waals surface area contributed by atoms with Gasteiger partial charge in [-0.05, 0) is 19.3 Å². The second-order valence-electron chi connectivity index (χ2n) is 5.01. The summed E-state index contributed by atoms with van der Waals surface area (Å²) in [5, 5.41) is 14.3. The van der Waals surface area contributed by atoms with E-state index in [0.29, 0.717) is 13.2 Å². The molecule has 2 unspecified atom stereocenters. The zero-order valence-electron chi connectivity index (χ0n) is 10.8. The van der Waals surface area contributed by atoms with E-state index >= 15 is 0 Å². The summed E-state index contributed by atoms with van der Waals surface area (Å²) >= 11 is 0. The zero-order chi connectivity index (χ0) is 13.7. The van der Waals surface area contributed by atoms with Gasteiger partial charge in [0.2, 0.25) is 0 Å². The molecule has 2 rings (SSSR count). The monoisotopic (exact) mass is 272 g/mol. The summed E-state index contributed by atoms with van der Waals surface area (Å²) in [5.74, 6) is -1.06. The Labute approximate surface area is 111 Å². The molecular formula is C12H20N2O5. The number of amides is 2. The first-order chi connectivity index (χ1) is 9.12. The Morgan fingerprint density at radius 3 is 2.74 bits per heavy atom. The molecule has 2 heterocycles. The van der Waals surface area contributed by atoms with Gasteiger partial charge in [-0.3, -0.25) is 0 Å². The Morgan fingerprint density at radius 1 is 1.32 bits per heavy atom. The SMILES string of the molecule is O=C(NCC1CCCCO1)NC1(C(=O)O)CCOC1. The van der Waals surface area contributed by atoms with Crippen molar-refractivity contribution in [3.8, 4) is 0 Å². The maximum absolute atomic E-state index is 11.8. The summed E-state index contributed by atoms with van der Waals surface area (Å²) in [7, 11) is 0. The summed E-state index contributed by atoms with van der Waals surface area (Å²) < 4.78 is 10.6. The first kappa shape index (κ1) is 14.1. The minimum absolute atomic E-state index is 0.00961. The molecule has 7 nitrogen and oxygen atoms in total. The molecule has 0 aromatic heterocycles. The number of carboxylic acids is 1. The molecule has 0 bridgehead atoms. The molecule has 0 saturated carbocycles. The molecule has 2 aliphatic heterocycles. The molecule has 0 radical (unpaired) electrons.